The van der Waals surface area contributed by atoms with E-state index >= 15 is 0 Å². The van der Waals surface area contributed by atoms with E-state index in [0.29, 0.717) is 5.41 Å². The van der Waals surface area contributed by atoms with E-state index in [0.717, 1.165) is 18.0 Å². The average molecular weight is 223 g/mol. The van der Waals surface area contributed by atoms with Crippen LogP contribution in [-0.4, -0.2) is 12.1 Å². The third-order valence-electron chi connectivity index (χ3n) is 4.64. The molecule has 2 atom stereocenters. The Balaban J connectivity index is 1.84. The summed E-state index contributed by atoms with van der Waals surface area (Å²) in [6, 6.07) is 1.61. The summed E-state index contributed by atoms with van der Waals surface area (Å²) in [5, 5.41) is 3.96. The minimum absolute atomic E-state index is 0.571. The van der Waals surface area contributed by atoms with Crippen LogP contribution in [0, 0.1) is 11.3 Å². The molecule has 0 spiro atoms. The van der Waals surface area contributed by atoms with Crippen molar-refractivity contribution in [2.75, 3.05) is 0 Å². The molecule has 0 aromatic carbocycles. The summed E-state index contributed by atoms with van der Waals surface area (Å²) in [7, 11) is 0. The smallest absolute Gasteiger partial charge is 0.0101 e. The second kappa shape index (κ2) is 5.08. The molecule has 2 saturated carbocycles. The van der Waals surface area contributed by atoms with E-state index in [2.05, 4.69) is 26.1 Å². The third kappa shape index (κ3) is 3.23. The standard InChI is InChI=1S/C15H29N/c1-12-10-15(2,3)11-14(12)16-13-8-6-4-5-7-9-13/h12-14,16H,4-11H2,1-3H3. The Kier molecular flexibility index (Phi) is 3.94. The molecule has 0 aliphatic heterocycles. The number of hydrogen-bond donors (Lipinski definition) is 1. The second-order valence-corrected chi connectivity index (χ2v) is 7.01. The lowest BCUT2D eigenvalue weighted by atomic mass is 9.91. The Morgan fingerprint density at radius 3 is 2.06 bits per heavy atom. The number of nitrogens with one attached hydrogen (secondary N) is 1. The summed E-state index contributed by atoms with van der Waals surface area (Å²) in [5.41, 5.74) is 0.571. The van der Waals surface area contributed by atoms with E-state index in [-0.39, 0.29) is 0 Å². The van der Waals surface area contributed by atoms with Crippen LogP contribution in [0.15, 0.2) is 0 Å². The van der Waals surface area contributed by atoms with E-state index < -0.39 is 0 Å². The van der Waals surface area contributed by atoms with Crippen LogP contribution in [0.3, 0.4) is 0 Å². The van der Waals surface area contributed by atoms with Crippen LogP contribution >= 0.6 is 0 Å². The van der Waals surface area contributed by atoms with Gasteiger partial charge in [0.25, 0.3) is 0 Å². The lowest BCUT2D eigenvalue weighted by molar-refractivity contribution is 0.336. The van der Waals surface area contributed by atoms with Crippen LogP contribution < -0.4 is 5.32 Å². The number of rotatable bonds is 2. The van der Waals surface area contributed by atoms with Gasteiger partial charge in [0.15, 0.2) is 0 Å². The van der Waals surface area contributed by atoms with Gasteiger partial charge in [0, 0.05) is 12.1 Å². The molecular formula is C15H29N. The van der Waals surface area contributed by atoms with Gasteiger partial charge >= 0.3 is 0 Å². The molecular weight excluding hydrogens is 194 g/mol. The van der Waals surface area contributed by atoms with Crippen LogP contribution in [0.5, 0.6) is 0 Å². The summed E-state index contributed by atoms with van der Waals surface area (Å²) < 4.78 is 0. The monoisotopic (exact) mass is 223 g/mol. The predicted octanol–water partition coefficient (Wildman–Crippen LogP) is 4.12. The lowest BCUT2D eigenvalue weighted by Crippen LogP contribution is -2.39. The normalized spacial score (nSPS) is 36.2. The van der Waals surface area contributed by atoms with E-state index in [4.69, 9.17) is 0 Å². The first kappa shape index (κ1) is 12.4. The Morgan fingerprint density at radius 1 is 0.938 bits per heavy atom. The molecule has 2 aliphatic rings. The molecule has 0 aromatic rings. The molecule has 2 fully saturated rings. The summed E-state index contributed by atoms with van der Waals surface area (Å²) in [5.74, 6) is 0.873. The van der Waals surface area contributed by atoms with Gasteiger partial charge in [-0.25, -0.2) is 0 Å². The fraction of sp³-hybridized carbons (Fsp3) is 1.00. The first-order valence-electron chi connectivity index (χ1n) is 7.33. The predicted molar refractivity (Wildman–Crippen MR) is 70.6 cm³/mol. The summed E-state index contributed by atoms with van der Waals surface area (Å²) >= 11 is 0. The highest BCUT2D eigenvalue weighted by Crippen LogP contribution is 2.41. The van der Waals surface area contributed by atoms with Crippen molar-refractivity contribution in [2.45, 2.75) is 84.2 Å². The molecule has 1 nitrogen and oxygen atoms in total. The summed E-state index contributed by atoms with van der Waals surface area (Å²) in [6.07, 6.45) is 11.4. The van der Waals surface area contributed by atoms with Crippen LogP contribution in [-0.2, 0) is 0 Å². The fourth-order valence-corrected chi connectivity index (χ4v) is 3.87. The SMILES string of the molecule is CC1CC(C)(C)CC1NC1CCCCCC1. The van der Waals surface area contributed by atoms with Crippen molar-refractivity contribution in [3.05, 3.63) is 0 Å². The van der Waals surface area contributed by atoms with E-state index in [1.165, 1.54) is 51.4 Å². The van der Waals surface area contributed by atoms with Crippen LogP contribution in [0.1, 0.15) is 72.1 Å². The van der Waals surface area contributed by atoms with Gasteiger partial charge in [-0.2, -0.15) is 0 Å². The van der Waals surface area contributed by atoms with Crippen LogP contribution in [0.2, 0.25) is 0 Å². The highest BCUT2D eigenvalue weighted by atomic mass is 15.0. The molecule has 0 amide bonds. The van der Waals surface area contributed by atoms with Crippen molar-refractivity contribution in [3.8, 4) is 0 Å². The molecule has 2 unspecified atom stereocenters. The van der Waals surface area contributed by atoms with E-state index in [9.17, 15) is 0 Å². The molecule has 0 heterocycles. The van der Waals surface area contributed by atoms with Gasteiger partial charge in [0.2, 0.25) is 0 Å². The minimum atomic E-state index is 0.571. The first-order chi connectivity index (χ1) is 7.57. The largest absolute Gasteiger partial charge is 0.311 e. The molecule has 2 aliphatic carbocycles. The van der Waals surface area contributed by atoms with Crippen molar-refractivity contribution in [1.29, 1.82) is 0 Å². The molecule has 16 heavy (non-hydrogen) atoms. The van der Waals surface area contributed by atoms with Crippen molar-refractivity contribution >= 4 is 0 Å². The maximum absolute atomic E-state index is 3.96. The third-order valence-corrected chi connectivity index (χ3v) is 4.64. The quantitative estimate of drug-likeness (QED) is 0.694. The highest BCUT2D eigenvalue weighted by molar-refractivity contribution is 4.92. The first-order valence-corrected chi connectivity index (χ1v) is 7.33. The van der Waals surface area contributed by atoms with Gasteiger partial charge in [0.1, 0.15) is 0 Å². The molecule has 2 rings (SSSR count). The topological polar surface area (TPSA) is 12.0 Å². The maximum atomic E-state index is 3.96. The van der Waals surface area contributed by atoms with E-state index in [1.807, 2.05) is 0 Å². The molecule has 1 heteroatoms. The maximum Gasteiger partial charge on any atom is 0.0101 e. The minimum Gasteiger partial charge on any atom is -0.311 e. The molecule has 94 valence electrons. The van der Waals surface area contributed by atoms with Gasteiger partial charge in [-0.15, -0.1) is 0 Å². The molecule has 0 aromatic heterocycles. The zero-order valence-corrected chi connectivity index (χ0v) is 11.4. The Labute approximate surface area is 101 Å². The van der Waals surface area contributed by atoms with Crippen LogP contribution in [0.4, 0.5) is 0 Å². The second-order valence-electron chi connectivity index (χ2n) is 7.01. The average Bonchev–Trinajstić information content (AvgIpc) is 2.43. The van der Waals surface area contributed by atoms with Gasteiger partial charge in [-0.1, -0.05) is 46.5 Å². The van der Waals surface area contributed by atoms with Gasteiger partial charge in [-0.05, 0) is 37.0 Å². The summed E-state index contributed by atoms with van der Waals surface area (Å²) in [6.45, 7) is 7.29. The van der Waals surface area contributed by atoms with Gasteiger partial charge < -0.3 is 5.32 Å². The summed E-state index contributed by atoms with van der Waals surface area (Å²) in [4.78, 5) is 0. The Morgan fingerprint density at radius 2 is 1.56 bits per heavy atom. The Hall–Kier alpha value is -0.0400. The van der Waals surface area contributed by atoms with Crippen molar-refractivity contribution in [1.82, 2.24) is 5.32 Å². The van der Waals surface area contributed by atoms with Crippen molar-refractivity contribution in [2.24, 2.45) is 11.3 Å². The molecule has 0 radical (unpaired) electrons. The van der Waals surface area contributed by atoms with Gasteiger partial charge in [-0.3, -0.25) is 0 Å². The fourth-order valence-electron chi connectivity index (χ4n) is 3.87. The molecule has 0 saturated heterocycles. The lowest BCUT2D eigenvalue weighted by Gasteiger charge is -2.25. The molecule has 0 bridgehead atoms. The van der Waals surface area contributed by atoms with Crippen LogP contribution in [0.25, 0.3) is 0 Å². The zero-order chi connectivity index (χ0) is 11.6. The van der Waals surface area contributed by atoms with E-state index in [1.54, 1.807) is 0 Å². The highest BCUT2D eigenvalue weighted by Gasteiger charge is 2.37. The van der Waals surface area contributed by atoms with Crippen molar-refractivity contribution in [3.63, 3.8) is 0 Å². The number of hydrogen-bond acceptors (Lipinski definition) is 1. The Bertz CT molecular complexity index is 213. The van der Waals surface area contributed by atoms with Gasteiger partial charge in [0.05, 0.1) is 0 Å². The van der Waals surface area contributed by atoms with Crippen molar-refractivity contribution < 1.29 is 0 Å². The zero-order valence-electron chi connectivity index (χ0n) is 11.4. The molecule has 1 N–H and O–H groups in total.